The van der Waals surface area contributed by atoms with Crippen molar-refractivity contribution in [3.05, 3.63) is 64.7 Å². The molecule has 0 aliphatic rings. The second kappa shape index (κ2) is 9.72. The number of anilines is 2. The second-order valence-corrected chi connectivity index (χ2v) is 6.99. The Kier molecular flexibility index (Phi) is 6.83. The molecule has 3 amide bonds. The lowest BCUT2D eigenvalue weighted by atomic mass is 10.2. The summed E-state index contributed by atoms with van der Waals surface area (Å²) in [5.74, 6) is 0.284. The van der Waals surface area contributed by atoms with Gasteiger partial charge in [-0.3, -0.25) is 14.0 Å². The van der Waals surface area contributed by atoms with Crippen LogP contribution in [-0.4, -0.2) is 60.5 Å². The SMILES string of the molecule is COc1cccc(NC(=O)Nc2cnc3ccc(C(=O)NCCN(C)C)cn3c2=O)c1. The van der Waals surface area contributed by atoms with Crippen LogP contribution in [0.15, 0.2) is 53.6 Å². The topological polar surface area (TPSA) is 117 Å². The van der Waals surface area contributed by atoms with Gasteiger partial charge in [0.1, 0.15) is 17.1 Å². The Morgan fingerprint density at radius 2 is 1.97 bits per heavy atom. The molecule has 0 saturated carbocycles. The van der Waals surface area contributed by atoms with Gasteiger partial charge in [-0.05, 0) is 38.4 Å². The summed E-state index contributed by atoms with van der Waals surface area (Å²) in [6, 6.07) is 9.37. The number of fused-ring (bicyclic) bond motifs is 1. The van der Waals surface area contributed by atoms with E-state index in [1.807, 2.05) is 19.0 Å². The molecule has 2 aromatic heterocycles. The van der Waals surface area contributed by atoms with Gasteiger partial charge in [-0.15, -0.1) is 0 Å². The molecule has 0 radical (unpaired) electrons. The quantitative estimate of drug-likeness (QED) is 0.531. The summed E-state index contributed by atoms with van der Waals surface area (Å²) >= 11 is 0. The van der Waals surface area contributed by atoms with E-state index in [9.17, 15) is 14.4 Å². The minimum Gasteiger partial charge on any atom is -0.497 e. The van der Waals surface area contributed by atoms with Gasteiger partial charge in [0.2, 0.25) is 0 Å². The number of carbonyl (C=O) groups excluding carboxylic acids is 2. The van der Waals surface area contributed by atoms with Gasteiger partial charge >= 0.3 is 6.03 Å². The minimum absolute atomic E-state index is 0.0249. The fourth-order valence-corrected chi connectivity index (χ4v) is 2.78. The molecular formula is C21H24N6O4. The lowest BCUT2D eigenvalue weighted by Crippen LogP contribution is -2.32. The van der Waals surface area contributed by atoms with Crippen molar-refractivity contribution in [2.24, 2.45) is 0 Å². The number of carbonyl (C=O) groups is 2. The summed E-state index contributed by atoms with van der Waals surface area (Å²) < 4.78 is 6.34. The Labute approximate surface area is 178 Å². The first-order valence-corrected chi connectivity index (χ1v) is 9.54. The molecule has 0 aliphatic carbocycles. The lowest BCUT2D eigenvalue weighted by molar-refractivity contribution is 0.0950. The average Bonchev–Trinajstić information content (AvgIpc) is 2.75. The van der Waals surface area contributed by atoms with Crippen LogP contribution >= 0.6 is 0 Å². The highest BCUT2D eigenvalue weighted by atomic mass is 16.5. The number of nitrogens with one attached hydrogen (secondary N) is 3. The zero-order valence-corrected chi connectivity index (χ0v) is 17.5. The van der Waals surface area contributed by atoms with Crippen molar-refractivity contribution in [2.75, 3.05) is 44.9 Å². The molecule has 0 fully saturated rings. The predicted molar refractivity (Wildman–Crippen MR) is 118 cm³/mol. The van der Waals surface area contributed by atoms with E-state index >= 15 is 0 Å². The molecule has 0 spiro atoms. The molecule has 3 aromatic rings. The highest BCUT2D eigenvalue weighted by Crippen LogP contribution is 2.16. The van der Waals surface area contributed by atoms with Gasteiger partial charge in [0.05, 0.1) is 18.9 Å². The fraction of sp³-hybridized carbons (Fsp3) is 0.238. The van der Waals surface area contributed by atoms with Gasteiger partial charge in [0.25, 0.3) is 11.5 Å². The number of rotatable bonds is 7. The number of urea groups is 1. The molecule has 10 nitrogen and oxygen atoms in total. The molecular weight excluding hydrogens is 400 g/mol. The van der Waals surface area contributed by atoms with Crippen LogP contribution in [0.1, 0.15) is 10.4 Å². The third kappa shape index (κ3) is 5.58. The van der Waals surface area contributed by atoms with Crippen LogP contribution in [0.4, 0.5) is 16.2 Å². The van der Waals surface area contributed by atoms with Crippen molar-refractivity contribution in [2.45, 2.75) is 0 Å². The molecule has 162 valence electrons. The third-order valence-corrected chi connectivity index (χ3v) is 4.38. The molecule has 2 heterocycles. The zero-order valence-electron chi connectivity index (χ0n) is 17.5. The molecule has 10 heteroatoms. The van der Waals surface area contributed by atoms with E-state index in [1.54, 1.807) is 36.4 Å². The first-order valence-electron chi connectivity index (χ1n) is 9.54. The predicted octanol–water partition coefficient (Wildman–Crippen LogP) is 1.64. The van der Waals surface area contributed by atoms with Gasteiger partial charge in [-0.25, -0.2) is 9.78 Å². The van der Waals surface area contributed by atoms with Crippen LogP contribution in [-0.2, 0) is 0 Å². The number of pyridine rings is 1. The van der Waals surface area contributed by atoms with Crippen molar-refractivity contribution < 1.29 is 14.3 Å². The lowest BCUT2D eigenvalue weighted by Gasteiger charge is -2.11. The van der Waals surface area contributed by atoms with E-state index in [2.05, 4.69) is 20.9 Å². The number of methoxy groups -OCH3 is 1. The number of nitrogens with zero attached hydrogens (tertiary/aromatic N) is 3. The number of hydrogen-bond acceptors (Lipinski definition) is 6. The number of aromatic nitrogens is 2. The normalized spacial score (nSPS) is 10.7. The summed E-state index contributed by atoms with van der Waals surface area (Å²) in [5.41, 5.74) is 0.640. The van der Waals surface area contributed by atoms with Crippen molar-refractivity contribution in [1.29, 1.82) is 0 Å². The monoisotopic (exact) mass is 424 g/mol. The summed E-state index contributed by atoms with van der Waals surface area (Å²) in [6.45, 7) is 1.17. The van der Waals surface area contributed by atoms with Crippen LogP contribution in [0.5, 0.6) is 5.75 Å². The summed E-state index contributed by atoms with van der Waals surface area (Å²) in [4.78, 5) is 43.6. The Balaban J connectivity index is 1.76. The van der Waals surface area contributed by atoms with Crippen molar-refractivity contribution in [3.63, 3.8) is 0 Å². The molecule has 0 saturated heterocycles. The average molecular weight is 424 g/mol. The molecule has 0 atom stereocenters. The molecule has 31 heavy (non-hydrogen) atoms. The van der Waals surface area contributed by atoms with Gasteiger partial charge < -0.3 is 25.6 Å². The maximum absolute atomic E-state index is 12.8. The van der Waals surface area contributed by atoms with E-state index in [4.69, 9.17) is 4.74 Å². The summed E-state index contributed by atoms with van der Waals surface area (Å²) in [5, 5.41) is 7.91. The highest BCUT2D eigenvalue weighted by Gasteiger charge is 2.12. The molecule has 0 aliphatic heterocycles. The maximum Gasteiger partial charge on any atom is 0.323 e. The number of ether oxygens (including phenoxy) is 1. The molecule has 3 rings (SSSR count). The van der Waals surface area contributed by atoms with Gasteiger partial charge in [0, 0.05) is 31.0 Å². The van der Waals surface area contributed by atoms with E-state index in [1.165, 1.54) is 23.9 Å². The van der Waals surface area contributed by atoms with Crippen LogP contribution in [0.25, 0.3) is 5.65 Å². The van der Waals surface area contributed by atoms with Crippen LogP contribution < -0.4 is 26.2 Å². The number of benzene rings is 1. The van der Waals surface area contributed by atoms with E-state index in [0.29, 0.717) is 35.7 Å². The first kappa shape index (κ1) is 21.8. The fourth-order valence-electron chi connectivity index (χ4n) is 2.78. The van der Waals surface area contributed by atoms with Gasteiger partial charge in [-0.2, -0.15) is 0 Å². The number of amides is 3. The van der Waals surface area contributed by atoms with Gasteiger partial charge in [0.15, 0.2) is 0 Å². The van der Waals surface area contributed by atoms with E-state index in [-0.39, 0.29) is 11.6 Å². The highest BCUT2D eigenvalue weighted by molar-refractivity contribution is 5.99. The van der Waals surface area contributed by atoms with Crippen molar-refractivity contribution in [3.8, 4) is 5.75 Å². The maximum atomic E-state index is 12.8. The van der Waals surface area contributed by atoms with Crippen molar-refractivity contribution in [1.82, 2.24) is 19.6 Å². The van der Waals surface area contributed by atoms with Crippen LogP contribution in [0.2, 0.25) is 0 Å². The standard InChI is InChI=1S/C21H24N6O4/c1-26(2)10-9-22-19(28)14-7-8-18-23-12-17(20(29)27(18)13-14)25-21(30)24-15-5-4-6-16(11-15)31-3/h4-8,11-13H,9-10H2,1-3H3,(H,22,28)(H2,24,25,30). The second-order valence-electron chi connectivity index (χ2n) is 6.99. The molecule has 3 N–H and O–H groups in total. The third-order valence-electron chi connectivity index (χ3n) is 4.38. The summed E-state index contributed by atoms with van der Waals surface area (Å²) in [6.07, 6.45) is 2.68. The molecule has 0 bridgehead atoms. The van der Waals surface area contributed by atoms with Crippen molar-refractivity contribution >= 4 is 29.0 Å². The largest absolute Gasteiger partial charge is 0.497 e. The minimum atomic E-state index is -0.607. The Morgan fingerprint density at radius 1 is 1.16 bits per heavy atom. The van der Waals surface area contributed by atoms with Crippen LogP contribution in [0.3, 0.4) is 0 Å². The summed E-state index contributed by atoms with van der Waals surface area (Å²) in [7, 11) is 5.34. The number of likely N-dealkylation sites (N-methyl/N-ethyl adjacent to an activating group) is 1. The smallest absolute Gasteiger partial charge is 0.323 e. The zero-order chi connectivity index (χ0) is 22.4. The van der Waals surface area contributed by atoms with E-state index in [0.717, 1.165) is 0 Å². The van der Waals surface area contributed by atoms with Gasteiger partial charge in [-0.1, -0.05) is 6.07 Å². The number of hydrogen-bond donors (Lipinski definition) is 3. The van der Waals surface area contributed by atoms with Crippen LogP contribution in [0, 0.1) is 0 Å². The Morgan fingerprint density at radius 3 is 2.71 bits per heavy atom. The Bertz CT molecular complexity index is 1160. The Hall–Kier alpha value is -3.92. The molecule has 1 aromatic carbocycles. The van der Waals surface area contributed by atoms with E-state index < -0.39 is 11.6 Å². The first-order chi connectivity index (χ1) is 14.9. The molecule has 0 unspecified atom stereocenters.